The molecule has 1 saturated heterocycles. The number of ether oxygens (including phenoxy) is 1. The van der Waals surface area contributed by atoms with Crippen LogP contribution in [0.2, 0.25) is 0 Å². The van der Waals surface area contributed by atoms with E-state index in [1.807, 2.05) is 0 Å². The lowest BCUT2D eigenvalue weighted by atomic mass is 10.2. The second-order valence-electron chi connectivity index (χ2n) is 4.54. The van der Waals surface area contributed by atoms with Gasteiger partial charge in [-0.1, -0.05) is 28.1 Å². The number of aliphatic hydroxyl groups excluding tert-OH is 2. The molecule has 3 atom stereocenters. The Bertz CT molecular complexity index is 663. The zero-order valence-electron chi connectivity index (χ0n) is 11.0. The molecule has 7 nitrogen and oxygen atoms in total. The minimum atomic E-state index is -0.853. The third-order valence-corrected chi connectivity index (χ3v) is 3.45. The molecular weight excluding hydrogens is 344 g/mol. The fraction of sp³-hybridized carbons (Fsp3) is 0.385. The molecule has 3 N–H and O–H groups in total. The second kappa shape index (κ2) is 6.99. The number of aromatic amines is 1. The number of aliphatic hydroxyl groups is 2. The number of H-pyrrole nitrogens is 1. The Labute approximate surface area is 128 Å². The fourth-order valence-corrected chi connectivity index (χ4v) is 2.26. The number of rotatable bonds is 4. The van der Waals surface area contributed by atoms with E-state index in [9.17, 15) is 14.7 Å². The average Bonchev–Trinajstić information content (AvgIpc) is 2.82. The van der Waals surface area contributed by atoms with E-state index in [1.54, 1.807) is 23.2 Å². The van der Waals surface area contributed by atoms with E-state index >= 15 is 0 Å². The Morgan fingerprint density at radius 3 is 2.86 bits per heavy atom. The van der Waals surface area contributed by atoms with Gasteiger partial charge in [-0.05, 0) is 11.1 Å². The Balaban J connectivity index is 2.34. The second-order valence-corrected chi connectivity index (χ2v) is 5.07. The largest absolute Gasteiger partial charge is 0.394 e. The van der Waals surface area contributed by atoms with Crippen molar-refractivity contribution in [2.75, 3.05) is 6.61 Å². The van der Waals surface area contributed by atoms with Crippen molar-refractivity contribution < 1.29 is 14.9 Å². The molecule has 0 radical (unpaired) electrons. The summed E-state index contributed by atoms with van der Waals surface area (Å²) in [7, 11) is 0. The molecule has 0 saturated carbocycles. The van der Waals surface area contributed by atoms with Gasteiger partial charge in [0, 0.05) is 12.6 Å². The molecule has 0 spiro atoms. The smallest absolute Gasteiger partial charge is 0.330 e. The summed E-state index contributed by atoms with van der Waals surface area (Å²) in [6.07, 6.45) is 4.08. The SMILES string of the molecule is O=c1[nH]c(=O)n(C2CC(O)C(CO)O2)cc1/C=C/C=C/Br. The molecule has 0 aromatic carbocycles. The van der Waals surface area contributed by atoms with Gasteiger partial charge in [0.05, 0.1) is 18.3 Å². The summed E-state index contributed by atoms with van der Waals surface area (Å²) in [5.74, 6) is 0. The van der Waals surface area contributed by atoms with Crippen LogP contribution in [0, 0.1) is 0 Å². The molecule has 0 aliphatic carbocycles. The van der Waals surface area contributed by atoms with Crippen LogP contribution in [0.4, 0.5) is 0 Å². The molecule has 1 fully saturated rings. The van der Waals surface area contributed by atoms with E-state index in [0.717, 1.165) is 0 Å². The van der Waals surface area contributed by atoms with Crippen LogP contribution < -0.4 is 11.2 Å². The highest BCUT2D eigenvalue weighted by Gasteiger charge is 2.35. The highest BCUT2D eigenvalue weighted by molar-refractivity contribution is 9.11. The van der Waals surface area contributed by atoms with E-state index in [0.29, 0.717) is 0 Å². The summed E-state index contributed by atoms with van der Waals surface area (Å²) < 4.78 is 6.61. The van der Waals surface area contributed by atoms with Crippen LogP contribution >= 0.6 is 15.9 Å². The zero-order chi connectivity index (χ0) is 15.4. The summed E-state index contributed by atoms with van der Waals surface area (Å²) in [6.45, 7) is -0.335. The van der Waals surface area contributed by atoms with Gasteiger partial charge in [0.1, 0.15) is 12.3 Å². The summed E-state index contributed by atoms with van der Waals surface area (Å²) in [5, 5.41) is 18.8. The Hall–Kier alpha value is -1.48. The molecule has 1 aromatic rings. The first-order valence-corrected chi connectivity index (χ1v) is 7.21. The Morgan fingerprint density at radius 1 is 1.48 bits per heavy atom. The predicted octanol–water partition coefficient (Wildman–Crippen LogP) is 0.0991. The molecule has 8 heteroatoms. The summed E-state index contributed by atoms with van der Waals surface area (Å²) in [5.41, 5.74) is -0.845. The lowest BCUT2D eigenvalue weighted by Gasteiger charge is -2.14. The van der Waals surface area contributed by atoms with Crippen molar-refractivity contribution in [2.45, 2.75) is 24.9 Å². The molecule has 1 aliphatic heterocycles. The maximum Gasteiger partial charge on any atom is 0.330 e. The van der Waals surface area contributed by atoms with Crippen molar-refractivity contribution in [1.29, 1.82) is 0 Å². The maximum atomic E-state index is 11.8. The van der Waals surface area contributed by atoms with Gasteiger partial charge in [-0.25, -0.2) is 4.79 Å². The third kappa shape index (κ3) is 3.59. The van der Waals surface area contributed by atoms with Gasteiger partial charge in [-0.2, -0.15) is 0 Å². The van der Waals surface area contributed by atoms with Crippen LogP contribution in [0.1, 0.15) is 18.2 Å². The van der Waals surface area contributed by atoms with Crippen molar-refractivity contribution >= 4 is 22.0 Å². The van der Waals surface area contributed by atoms with Crippen molar-refractivity contribution in [1.82, 2.24) is 9.55 Å². The summed E-state index contributed by atoms with van der Waals surface area (Å²) in [6, 6.07) is 0. The molecule has 21 heavy (non-hydrogen) atoms. The van der Waals surface area contributed by atoms with Crippen molar-refractivity contribution in [2.24, 2.45) is 0 Å². The number of hydrogen-bond donors (Lipinski definition) is 3. The molecule has 1 aromatic heterocycles. The van der Waals surface area contributed by atoms with Crippen molar-refractivity contribution in [3.8, 4) is 0 Å². The Morgan fingerprint density at radius 2 is 2.24 bits per heavy atom. The Kier molecular flexibility index (Phi) is 5.29. The molecule has 2 rings (SSSR count). The molecule has 114 valence electrons. The molecule has 2 heterocycles. The first-order chi connectivity index (χ1) is 10.1. The number of aromatic nitrogens is 2. The van der Waals surface area contributed by atoms with Crippen molar-refractivity contribution in [3.63, 3.8) is 0 Å². The van der Waals surface area contributed by atoms with E-state index in [-0.39, 0.29) is 18.6 Å². The van der Waals surface area contributed by atoms with Gasteiger partial charge < -0.3 is 14.9 Å². The zero-order valence-corrected chi connectivity index (χ0v) is 12.6. The lowest BCUT2D eigenvalue weighted by molar-refractivity contribution is -0.0459. The maximum absolute atomic E-state index is 11.8. The third-order valence-electron chi connectivity index (χ3n) is 3.15. The van der Waals surface area contributed by atoms with Gasteiger partial charge in [0.25, 0.3) is 5.56 Å². The monoisotopic (exact) mass is 358 g/mol. The summed E-state index contributed by atoms with van der Waals surface area (Å²) >= 11 is 3.10. The predicted molar refractivity (Wildman–Crippen MR) is 80.0 cm³/mol. The molecule has 1 aliphatic rings. The van der Waals surface area contributed by atoms with Gasteiger partial charge in [-0.15, -0.1) is 0 Å². The number of nitrogens with one attached hydrogen (secondary N) is 1. The molecule has 0 bridgehead atoms. The highest BCUT2D eigenvalue weighted by Crippen LogP contribution is 2.27. The van der Waals surface area contributed by atoms with Crippen LogP contribution in [0.25, 0.3) is 6.08 Å². The van der Waals surface area contributed by atoms with Gasteiger partial charge in [0.15, 0.2) is 0 Å². The topological polar surface area (TPSA) is 105 Å². The van der Waals surface area contributed by atoms with E-state index in [4.69, 9.17) is 9.84 Å². The quantitative estimate of drug-likeness (QED) is 0.662. The fourth-order valence-electron chi connectivity index (χ4n) is 2.09. The standard InChI is InChI=1S/C13H15BrN2O5/c14-4-2-1-3-8-6-16(13(20)15-12(8)19)11-5-9(18)10(7-17)21-11/h1-4,6,9-11,17-18H,5,7H2,(H,15,19,20)/b3-1+,4-2+. The number of nitrogens with zero attached hydrogens (tertiary/aromatic N) is 1. The van der Waals surface area contributed by atoms with E-state index in [2.05, 4.69) is 20.9 Å². The van der Waals surface area contributed by atoms with E-state index in [1.165, 1.54) is 10.8 Å². The van der Waals surface area contributed by atoms with E-state index < -0.39 is 29.7 Å². The normalized spacial score (nSPS) is 26.1. The molecule has 0 amide bonds. The van der Waals surface area contributed by atoms with Crippen LogP contribution in [-0.4, -0.2) is 38.6 Å². The van der Waals surface area contributed by atoms with Gasteiger partial charge >= 0.3 is 5.69 Å². The first kappa shape index (κ1) is 15.9. The number of allylic oxidation sites excluding steroid dienone is 2. The van der Waals surface area contributed by atoms with Crippen LogP contribution in [0.5, 0.6) is 0 Å². The number of hydrogen-bond acceptors (Lipinski definition) is 5. The van der Waals surface area contributed by atoms with Crippen LogP contribution in [0.15, 0.2) is 32.9 Å². The molecular formula is C13H15BrN2O5. The minimum absolute atomic E-state index is 0.168. The first-order valence-electron chi connectivity index (χ1n) is 6.30. The van der Waals surface area contributed by atoms with Gasteiger partial charge in [-0.3, -0.25) is 14.3 Å². The average molecular weight is 359 g/mol. The summed E-state index contributed by atoms with van der Waals surface area (Å²) in [4.78, 5) is 27.4. The lowest BCUT2D eigenvalue weighted by Crippen LogP contribution is -2.33. The van der Waals surface area contributed by atoms with Crippen molar-refractivity contribution in [3.05, 3.63) is 49.7 Å². The highest BCUT2D eigenvalue weighted by atomic mass is 79.9. The van der Waals surface area contributed by atoms with Crippen LogP contribution in [0.3, 0.4) is 0 Å². The number of halogens is 1. The van der Waals surface area contributed by atoms with Crippen LogP contribution in [-0.2, 0) is 4.74 Å². The molecule has 3 unspecified atom stereocenters. The minimum Gasteiger partial charge on any atom is -0.394 e. The van der Waals surface area contributed by atoms with Gasteiger partial charge in [0.2, 0.25) is 0 Å².